The van der Waals surface area contributed by atoms with E-state index in [0.717, 1.165) is 0 Å². The number of nitriles is 1. The first-order chi connectivity index (χ1) is 7.27. The molecule has 1 heterocycles. The number of hydrogen-bond acceptors (Lipinski definition) is 4. The van der Waals surface area contributed by atoms with Gasteiger partial charge in [-0.2, -0.15) is 10.4 Å². The predicted octanol–water partition coefficient (Wildman–Crippen LogP) is 0.646. The summed E-state index contributed by atoms with van der Waals surface area (Å²) in [6, 6.07) is 1.91. The normalized spacial score (nSPS) is 9.60. The maximum atomic E-state index is 11.3. The summed E-state index contributed by atoms with van der Waals surface area (Å²) in [5, 5.41) is 17.4. The topological polar surface area (TPSA) is 90.8 Å². The molecule has 0 aliphatic carbocycles. The Labute approximate surface area is 87.2 Å². The highest BCUT2D eigenvalue weighted by atomic mass is 16.5. The molecule has 80 valence electrons. The van der Waals surface area contributed by atoms with E-state index in [1.807, 2.05) is 13.0 Å². The number of rotatable bonds is 5. The maximum Gasteiger partial charge on any atom is 0.227 e. The van der Waals surface area contributed by atoms with Gasteiger partial charge in [0, 0.05) is 6.61 Å². The van der Waals surface area contributed by atoms with Crippen LogP contribution in [-0.4, -0.2) is 29.3 Å². The van der Waals surface area contributed by atoms with Crippen LogP contribution < -0.4 is 5.32 Å². The number of carbonyl (C=O) groups excluding carboxylic acids is 1. The van der Waals surface area contributed by atoms with Gasteiger partial charge in [-0.15, -0.1) is 0 Å². The van der Waals surface area contributed by atoms with Crippen LogP contribution in [0.3, 0.4) is 0 Å². The van der Waals surface area contributed by atoms with Crippen molar-refractivity contribution in [2.24, 2.45) is 0 Å². The molecule has 1 aromatic rings. The van der Waals surface area contributed by atoms with Gasteiger partial charge in [-0.25, -0.2) is 0 Å². The average Bonchev–Trinajstić information content (AvgIpc) is 2.65. The Balaban J connectivity index is 2.42. The fourth-order valence-corrected chi connectivity index (χ4v) is 0.977. The summed E-state index contributed by atoms with van der Waals surface area (Å²) in [4.78, 5) is 11.3. The van der Waals surface area contributed by atoms with E-state index in [1.54, 1.807) is 0 Å². The summed E-state index contributed by atoms with van der Waals surface area (Å²) in [5.41, 5.74) is 0.319. The van der Waals surface area contributed by atoms with Crippen molar-refractivity contribution in [3.05, 3.63) is 11.8 Å². The Bertz CT molecular complexity index is 366. The molecule has 6 nitrogen and oxygen atoms in total. The molecule has 0 saturated carbocycles. The largest absolute Gasteiger partial charge is 0.381 e. The number of nitrogens with zero attached hydrogens (tertiary/aromatic N) is 2. The van der Waals surface area contributed by atoms with E-state index in [-0.39, 0.29) is 12.3 Å². The lowest BCUT2D eigenvalue weighted by Gasteiger charge is -2.02. The number of aromatic nitrogens is 2. The van der Waals surface area contributed by atoms with Crippen molar-refractivity contribution >= 4 is 11.7 Å². The molecule has 0 aliphatic rings. The molecule has 0 unspecified atom stereocenters. The van der Waals surface area contributed by atoms with Gasteiger partial charge in [0.2, 0.25) is 5.91 Å². The fourth-order valence-electron chi connectivity index (χ4n) is 0.977. The van der Waals surface area contributed by atoms with E-state index in [0.29, 0.717) is 24.6 Å². The first-order valence-corrected chi connectivity index (χ1v) is 4.59. The van der Waals surface area contributed by atoms with Crippen molar-refractivity contribution < 1.29 is 9.53 Å². The van der Waals surface area contributed by atoms with E-state index in [2.05, 4.69) is 15.5 Å². The minimum atomic E-state index is -0.204. The Morgan fingerprint density at radius 3 is 3.27 bits per heavy atom. The molecule has 1 rings (SSSR count). The van der Waals surface area contributed by atoms with Crippen LogP contribution in [0.4, 0.5) is 5.82 Å². The lowest BCUT2D eigenvalue weighted by molar-refractivity contribution is -0.117. The number of nitrogens with one attached hydrogen (secondary N) is 2. The second kappa shape index (κ2) is 5.78. The standard InChI is InChI=1S/C9H12N4O2/c1-2-15-4-3-8(14)12-9-7(5-10)6-11-13-9/h6H,2-4H2,1H3,(H2,11,12,13,14). The van der Waals surface area contributed by atoms with Crippen molar-refractivity contribution in [3.63, 3.8) is 0 Å². The molecule has 0 bridgehead atoms. The highest BCUT2D eigenvalue weighted by Crippen LogP contribution is 2.08. The predicted molar refractivity (Wildman–Crippen MR) is 53.0 cm³/mol. The highest BCUT2D eigenvalue weighted by molar-refractivity contribution is 5.90. The van der Waals surface area contributed by atoms with Crippen molar-refractivity contribution in [2.45, 2.75) is 13.3 Å². The molecule has 6 heteroatoms. The van der Waals surface area contributed by atoms with Crippen LogP contribution in [0, 0.1) is 11.3 Å². The van der Waals surface area contributed by atoms with Crippen LogP contribution in [0.1, 0.15) is 18.9 Å². The van der Waals surface area contributed by atoms with E-state index >= 15 is 0 Å². The molecule has 0 fully saturated rings. The van der Waals surface area contributed by atoms with Crippen LogP contribution in [0.5, 0.6) is 0 Å². The zero-order valence-corrected chi connectivity index (χ0v) is 8.41. The molecule has 15 heavy (non-hydrogen) atoms. The van der Waals surface area contributed by atoms with E-state index in [1.165, 1.54) is 6.20 Å². The van der Waals surface area contributed by atoms with Gasteiger partial charge in [0.1, 0.15) is 17.5 Å². The minimum absolute atomic E-state index is 0.204. The second-order valence-corrected chi connectivity index (χ2v) is 2.77. The van der Waals surface area contributed by atoms with Crippen molar-refractivity contribution in [1.82, 2.24) is 10.2 Å². The Morgan fingerprint density at radius 2 is 2.60 bits per heavy atom. The molecule has 0 radical (unpaired) electrons. The molecule has 0 saturated heterocycles. The van der Waals surface area contributed by atoms with Crippen LogP contribution in [0.15, 0.2) is 6.20 Å². The van der Waals surface area contributed by atoms with E-state index in [4.69, 9.17) is 10.00 Å². The van der Waals surface area contributed by atoms with Crippen molar-refractivity contribution in [3.8, 4) is 6.07 Å². The van der Waals surface area contributed by atoms with E-state index < -0.39 is 0 Å². The summed E-state index contributed by atoms with van der Waals surface area (Å²) in [5.74, 6) is 0.128. The Hall–Kier alpha value is -1.87. The second-order valence-electron chi connectivity index (χ2n) is 2.77. The van der Waals surface area contributed by atoms with Crippen LogP contribution in [-0.2, 0) is 9.53 Å². The molecule has 1 aromatic heterocycles. The number of amides is 1. The monoisotopic (exact) mass is 208 g/mol. The zero-order valence-electron chi connectivity index (χ0n) is 8.41. The molecule has 0 aliphatic heterocycles. The first kappa shape index (κ1) is 11.2. The molecular formula is C9H12N4O2. The van der Waals surface area contributed by atoms with Crippen molar-refractivity contribution in [2.75, 3.05) is 18.5 Å². The molecule has 2 N–H and O–H groups in total. The average molecular weight is 208 g/mol. The van der Waals surface area contributed by atoms with Gasteiger partial charge in [0.25, 0.3) is 0 Å². The smallest absolute Gasteiger partial charge is 0.227 e. The molecule has 0 spiro atoms. The van der Waals surface area contributed by atoms with E-state index in [9.17, 15) is 4.79 Å². The van der Waals surface area contributed by atoms with Gasteiger partial charge in [-0.1, -0.05) is 0 Å². The summed E-state index contributed by atoms with van der Waals surface area (Å²) < 4.78 is 5.03. The summed E-state index contributed by atoms with van der Waals surface area (Å²) in [7, 11) is 0. The van der Waals surface area contributed by atoms with Gasteiger partial charge in [-0.05, 0) is 6.92 Å². The number of hydrogen-bond donors (Lipinski definition) is 2. The van der Waals surface area contributed by atoms with Gasteiger partial charge in [-0.3, -0.25) is 9.89 Å². The lowest BCUT2D eigenvalue weighted by atomic mass is 10.3. The molecule has 1 amide bonds. The number of aromatic amines is 1. The van der Waals surface area contributed by atoms with Crippen LogP contribution in [0.2, 0.25) is 0 Å². The summed E-state index contributed by atoms with van der Waals surface area (Å²) >= 11 is 0. The maximum absolute atomic E-state index is 11.3. The Morgan fingerprint density at radius 1 is 1.80 bits per heavy atom. The summed E-state index contributed by atoms with van der Waals surface area (Å²) in [6.07, 6.45) is 1.62. The molecule has 0 atom stereocenters. The number of H-pyrrole nitrogens is 1. The van der Waals surface area contributed by atoms with Gasteiger partial charge in [0.05, 0.1) is 19.2 Å². The third-order valence-electron chi connectivity index (χ3n) is 1.70. The highest BCUT2D eigenvalue weighted by Gasteiger charge is 2.07. The van der Waals surface area contributed by atoms with Gasteiger partial charge >= 0.3 is 0 Å². The molecule has 0 aromatic carbocycles. The Kier molecular flexibility index (Phi) is 4.31. The van der Waals surface area contributed by atoms with Crippen molar-refractivity contribution in [1.29, 1.82) is 5.26 Å². The first-order valence-electron chi connectivity index (χ1n) is 4.59. The number of anilines is 1. The van der Waals surface area contributed by atoms with Gasteiger partial charge in [0.15, 0.2) is 0 Å². The molecular weight excluding hydrogens is 196 g/mol. The summed E-state index contributed by atoms with van der Waals surface area (Å²) in [6.45, 7) is 2.82. The van der Waals surface area contributed by atoms with Gasteiger partial charge < -0.3 is 10.1 Å². The SMILES string of the molecule is CCOCCC(=O)Nc1[nH]ncc1C#N. The quantitative estimate of drug-likeness (QED) is 0.695. The number of ether oxygens (including phenoxy) is 1. The third-order valence-corrected chi connectivity index (χ3v) is 1.70. The third kappa shape index (κ3) is 3.40. The zero-order chi connectivity index (χ0) is 11.1. The van der Waals surface area contributed by atoms with Crippen LogP contribution >= 0.6 is 0 Å². The van der Waals surface area contributed by atoms with Crippen LogP contribution in [0.25, 0.3) is 0 Å². The fraction of sp³-hybridized carbons (Fsp3) is 0.444. The lowest BCUT2D eigenvalue weighted by Crippen LogP contribution is -2.15. The number of carbonyl (C=O) groups is 1. The minimum Gasteiger partial charge on any atom is -0.381 e.